The Morgan fingerprint density at radius 3 is 2.17 bits per heavy atom. The average molecular weight is 254 g/mol. The molecule has 1 fully saturated rings. The smallest absolute Gasteiger partial charge is 0.403 e. The largest absolute Gasteiger partial charge is 0.462 e. The molecule has 5 heteroatoms. The second kappa shape index (κ2) is 4.32. The third-order valence-corrected chi connectivity index (χ3v) is 3.72. The number of benzene rings is 1. The summed E-state index contributed by atoms with van der Waals surface area (Å²) in [7, 11) is -0.550. The lowest BCUT2D eigenvalue weighted by atomic mass is 9.80. The van der Waals surface area contributed by atoms with Gasteiger partial charge >= 0.3 is 7.12 Å². The van der Waals surface area contributed by atoms with Crippen molar-refractivity contribution in [3.05, 3.63) is 35.4 Å². The number of rotatable bonds is 2. The summed E-state index contributed by atoms with van der Waals surface area (Å²) in [6, 6.07) is 4.13. The lowest BCUT2D eigenvalue weighted by molar-refractivity contribution is 0.00578. The maximum Gasteiger partial charge on any atom is 0.462 e. The van der Waals surface area contributed by atoms with Gasteiger partial charge in [0.15, 0.2) is 11.6 Å². The minimum absolute atomic E-state index is 0.205. The van der Waals surface area contributed by atoms with Crippen LogP contribution in [0.2, 0.25) is 0 Å². The molecule has 0 N–H and O–H groups in total. The fourth-order valence-electron chi connectivity index (χ4n) is 1.93. The molecule has 1 saturated heterocycles. The Morgan fingerprint density at radius 1 is 1.06 bits per heavy atom. The summed E-state index contributed by atoms with van der Waals surface area (Å²) in [6.07, 6.45) is 0.205. The Kier molecular flexibility index (Phi) is 3.24. The second-order valence-electron chi connectivity index (χ2n) is 5.60. The van der Waals surface area contributed by atoms with Gasteiger partial charge in [0.25, 0.3) is 0 Å². The SMILES string of the molecule is CC1(C)OB(Cc2cccc(F)c2F)OC1(C)C. The van der Waals surface area contributed by atoms with E-state index in [0.29, 0.717) is 0 Å². The molecule has 0 unspecified atom stereocenters. The summed E-state index contributed by atoms with van der Waals surface area (Å²) >= 11 is 0. The molecule has 1 heterocycles. The molecule has 98 valence electrons. The molecule has 1 aliphatic rings. The molecule has 2 nitrogen and oxygen atoms in total. The van der Waals surface area contributed by atoms with Gasteiger partial charge in [0.1, 0.15) is 0 Å². The van der Waals surface area contributed by atoms with Crippen LogP contribution >= 0.6 is 0 Å². The van der Waals surface area contributed by atoms with Crippen LogP contribution in [0.1, 0.15) is 33.3 Å². The monoisotopic (exact) mass is 254 g/mol. The van der Waals surface area contributed by atoms with Crippen molar-refractivity contribution in [2.75, 3.05) is 0 Å². The molecule has 0 radical (unpaired) electrons. The molecule has 18 heavy (non-hydrogen) atoms. The Hall–Kier alpha value is -0.935. The fourth-order valence-corrected chi connectivity index (χ4v) is 1.93. The minimum atomic E-state index is -0.844. The van der Waals surface area contributed by atoms with E-state index in [1.165, 1.54) is 6.07 Å². The molecule has 0 aromatic heterocycles. The Labute approximate surface area is 106 Å². The van der Waals surface area contributed by atoms with Crippen LogP contribution in [0.15, 0.2) is 18.2 Å². The van der Waals surface area contributed by atoms with Gasteiger partial charge in [-0.1, -0.05) is 12.1 Å². The topological polar surface area (TPSA) is 18.5 Å². The minimum Gasteiger partial charge on any atom is -0.403 e. The van der Waals surface area contributed by atoms with Crippen LogP contribution in [-0.2, 0) is 15.6 Å². The van der Waals surface area contributed by atoms with Crippen LogP contribution < -0.4 is 0 Å². The van der Waals surface area contributed by atoms with E-state index in [9.17, 15) is 8.78 Å². The zero-order chi connectivity index (χ0) is 13.6. The van der Waals surface area contributed by atoms with Crippen LogP contribution in [0.4, 0.5) is 8.78 Å². The van der Waals surface area contributed by atoms with E-state index in [1.54, 1.807) is 6.07 Å². The van der Waals surface area contributed by atoms with Gasteiger partial charge < -0.3 is 9.31 Å². The van der Waals surface area contributed by atoms with Gasteiger partial charge in [0.05, 0.1) is 11.2 Å². The fraction of sp³-hybridized carbons (Fsp3) is 0.538. The molecule has 0 atom stereocenters. The standard InChI is InChI=1S/C13H17BF2O2/c1-12(2)13(3,4)18-14(17-12)8-9-6-5-7-10(15)11(9)16/h5-7H,8H2,1-4H3. The maximum absolute atomic E-state index is 13.6. The van der Waals surface area contributed by atoms with Gasteiger partial charge in [-0.2, -0.15) is 0 Å². The van der Waals surface area contributed by atoms with Crippen LogP contribution in [0.5, 0.6) is 0 Å². The van der Waals surface area contributed by atoms with Gasteiger partial charge in [-0.25, -0.2) is 8.78 Å². The van der Waals surface area contributed by atoms with Crippen LogP contribution in [-0.4, -0.2) is 18.3 Å². The van der Waals surface area contributed by atoms with E-state index < -0.39 is 30.0 Å². The summed E-state index contributed by atoms with van der Waals surface area (Å²) in [4.78, 5) is 0. The number of hydrogen-bond acceptors (Lipinski definition) is 2. The van der Waals surface area contributed by atoms with Crippen molar-refractivity contribution in [3.8, 4) is 0 Å². The maximum atomic E-state index is 13.6. The molecule has 0 saturated carbocycles. The molecule has 0 bridgehead atoms. The Bertz CT molecular complexity index is 444. The number of halogens is 2. The highest BCUT2D eigenvalue weighted by Crippen LogP contribution is 2.37. The quantitative estimate of drug-likeness (QED) is 0.755. The lowest BCUT2D eigenvalue weighted by Crippen LogP contribution is -2.41. The van der Waals surface area contributed by atoms with Crippen molar-refractivity contribution in [1.29, 1.82) is 0 Å². The van der Waals surface area contributed by atoms with E-state index in [2.05, 4.69) is 0 Å². The van der Waals surface area contributed by atoms with E-state index in [4.69, 9.17) is 9.31 Å². The van der Waals surface area contributed by atoms with Crippen LogP contribution in [0.25, 0.3) is 0 Å². The summed E-state index contributed by atoms with van der Waals surface area (Å²) < 4.78 is 38.2. The normalized spacial score (nSPS) is 21.3. The van der Waals surface area contributed by atoms with Gasteiger partial charge in [-0.05, 0) is 39.3 Å². The van der Waals surface area contributed by atoms with Crippen molar-refractivity contribution in [1.82, 2.24) is 0 Å². The molecule has 1 aromatic carbocycles. The molecular weight excluding hydrogens is 237 g/mol. The first-order valence-electron chi connectivity index (χ1n) is 6.01. The van der Waals surface area contributed by atoms with Crippen LogP contribution in [0, 0.1) is 11.6 Å². The zero-order valence-corrected chi connectivity index (χ0v) is 11.1. The second-order valence-corrected chi connectivity index (χ2v) is 5.60. The summed E-state index contributed by atoms with van der Waals surface area (Å²) in [6.45, 7) is 7.70. The highest BCUT2D eigenvalue weighted by Gasteiger charge is 2.50. The van der Waals surface area contributed by atoms with E-state index in [-0.39, 0.29) is 11.9 Å². The number of hydrogen-bond donors (Lipinski definition) is 0. The Balaban J connectivity index is 2.15. The summed E-state index contributed by atoms with van der Waals surface area (Å²) in [5.41, 5.74) is -0.642. The van der Waals surface area contributed by atoms with E-state index in [1.807, 2.05) is 27.7 Å². The zero-order valence-electron chi connectivity index (χ0n) is 11.1. The van der Waals surface area contributed by atoms with E-state index >= 15 is 0 Å². The van der Waals surface area contributed by atoms with Gasteiger partial charge in [-0.15, -0.1) is 0 Å². The highest BCUT2D eigenvalue weighted by atomic mass is 19.2. The van der Waals surface area contributed by atoms with Gasteiger partial charge in [0.2, 0.25) is 0 Å². The Morgan fingerprint density at radius 2 is 1.61 bits per heavy atom. The van der Waals surface area contributed by atoms with Crippen molar-refractivity contribution in [3.63, 3.8) is 0 Å². The molecule has 1 aliphatic heterocycles. The third kappa shape index (κ3) is 2.29. The molecule has 0 aliphatic carbocycles. The van der Waals surface area contributed by atoms with E-state index in [0.717, 1.165) is 6.07 Å². The van der Waals surface area contributed by atoms with Gasteiger partial charge in [-0.3, -0.25) is 0 Å². The molecule has 2 rings (SSSR count). The first kappa shape index (κ1) is 13.5. The summed E-state index contributed by atoms with van der Waals surface area (Å²) in [5.74, 6) is -1.67. The predicted octanol–water partition coefficient (Wildman–Crippen LogP) is 3.14. The molecule has 0 spiro atoms. The molecular formula is C13H17BF2O2. The summed E-state index contributed by atoms with van der Waals surface area (Å²) in [5, 5.41) is 0. The third-order valence-electron chi connectivity index (χ3n) is 3.72. The van der Waals surface area contributed by atoms with Crippen molar-refractivity contribution < 1.29 is 18.1 Å². The van der Waals surface area contributed by atoms with Crippen LogP contribution in [0.3, 0.4) is 0 Å². The average Bonchev–Trinajstić information content (AvgIpc) is 2.43. The van der Waals surface area contributed by atoms with Crippen molar-refractivity contribution >= 4 is 7.12 Å². The first-order chi connectivity index (χ1) is 8.23. The molecule has 1 aromatic rings. The molecule has 0 amide bonds. The van der Waals surface area contributed by atoms with Crippen molar-refractivity contribution in [2.45, 2.75) is 45.2 Å². The van der Waals surface area contributed by atoms with Gasteiger partial charge in [0, 0.05) is 6.32 Å². The lowest BCUT2D eigenvalue weighted by Gasteiger charge is -2.32. The predicted molar refractivity (Wildman–Crippen MR) is 66.1 cm³/mol. The first-order valence-corrected chi connectivity index (χ1v) is 6.01. The van der Waals surface area contributed by atoms with Crippen molar-refractivity contribution in [2.24, 2.45) is 0 Å². The highest BCUT2D eigenvalue weighted by molar-refractivity contribution is 6.45.